The Bertz CT molecular complexity index is 926. The molecule has 3 nitrogen and oxygen atoms in total. The van der Waals surface area contributed by atoms with Gasteiger partial charge >= 0.3 is 6.18 Å². The van der Waals surface area contributed by atoms with Crippen LogP contribution in [0.25, 0.3) is 10.2 Å². The molecule has 1 atom stereocenters. The maximum atomic E-state index is 12.8. The van der Waals surface area contributed by atoms with Gasteiger partial charge in [-0.15, -0.1) is 11.3 Å². The quantitative estimate of drug-likeness (QED) is 0.523. The fraction of sp³-hybridized carbons (Fsp3) is 0.176. The number of para-hydroxylation sites is 1. The van der Waals surface area contributed by atoms with Crippen LogP contribution in [0.5, 0.6) is 0 Å². The molecule has 0 bridgehead atoms. The largest absolute Gasteiger partial charge is 0.416 e. The summed E-state index contributed by atoms with van der Waals surface area (Å²) >= 11 is 8.61. The van der Waals surface area contributed by atoms with Crippen LogP contribution in [-0.4, -0.2) is 16.1 Å². The van der Waals surface area contributed by atoms with Crippen molar-refractivity contribution in [3.05, 3.63) is 53.1 Å². The summed E-state index contributed by atoms with van der Waals surface area (Å²) in [7, 11) is 0. The van der Waals surface area contributed by atoms with Crippen LogP contribution in [0.1, 0.15) is 12.5 Å². The van der Waals surface area contributed by atoms with Crippen molar-refractivity contribution in [1.82, 2.24) is 4.98 Å². The fourth-order valence-electron chi connectivity index (χ4n) is 2.14. The monoisotopic (exact) mass is 416 g/mol. The highest BCUT2D eigenvalue weighted by Crippen LogP contribution is 2.35. The Morgan fingerprint density at radius 2 is 2.00 bits per heavy atom. The van der Waals surface area contributed by atoms with Gasteiger partial charge in [0.05, 0.1) is 31.7 Å². The molecule has 0 saturated heterocycles. The van der Waals surface area contributed by atoms with E-state index in [9.17, 15) is 18.0 Å². The number of hydrogen-bond donors (Lipinski definition) is 1. The number of anilines is 1. The number of carbonyl (C=O) groups excluding carboxylic acids is 1. The van der Waals surface area contributed by atoms with E-state index in [1.54, 1.807) is 6.92 Å². The summed E-state index contributed by atoms with van der Waals surface area (Å²) in [6, 6.07) is 10.4. The number of alkyl halides is 3. The molecule has 1 aromatic heterocycles. The fourth-order valence-corrected chi connectivity index (χ4v) is 4.51. The third kappa shape index (κ3) is 4.31. The number of fused-ring (bicyclic) bond motifs is 1. The first-order chi connectivity index (χ1) is 12.2. The SMILES string of the molecule is C[C@H](Sc1nc2ccccc2s1)C(=O)Nc1cc(C(F)(F)F)ccc1Cl. The summed E-state index contributed by atoms with van der Waals surface area (Å²) in [6.07, 6.45) is -4.51. The third-order valence-electron chi connectivity index (χ3n) is 3.47. The molecule has 1 amide bonds. The lowest BCUT2D eigenvalue weighted by Crippen LogP contribution is -2.22. The van der Waals surface area contributed by atoms with E-state index < -0.39 is 22.9 Å². The van der Waals surface area contributed by atoms with Crippen molar-refractivity contribution < 1.29 is 18.0 Å². The summed E-state index contributed by atoms with van der Waals surface area (Å²) in [5, 5.41) is 1.95. The highest BCUT2D eigenvalue weighted by atomic mass is 35.5. The Morgan fingerprint density at radius 1 is 1.27 bits per heavy atom. The standard InChI is InChI=1S/C17H12ClF3N2OS2/c1-9(25-16-23-12-4-2-3-5-14(12)26-16)15(24)22-13-8-10(17(19,20)21)6-7-11(13)18/h2-9H,1H3,(H,22,24)/t9-/m0/s1. The minimum absolute atomic E-state index is 0.0449. The Kier molecular flexibility index (Phi) is 5.45. The number of thioether (sulfide) groups is 1. The maximum absolute atomic E-state index is 12.8. The highest BCUT2D eigenvalue weighted by Gasteiger charge is 2.31. The molecule has 136 valence electrons. The van der Waals surface area contributed by atoms with Crippen molar-refractivity contribution in [2.45, 2.75) is 22.7 Å². The van der Waals surface area contributed by atoms with Gasteiger partial charge in [0.1, 0.15) is 0 Å². The van der Waals surface area contributed by atoms with Crippen LogP contribution in [0, 0.1) is 0 Å². The van der Waals surface area contributed by atoms with E-state index in [0.717, 1.165) is 28.4 Å². The summed E-state index contributed by atoms with van der Waals surface area (Å²) in [4.78, 5) is 16.8. The number of carbonyl (C=O) groups is 1. The van der Waals surface area contributed by atoms with Crippen LogP contribution >= 0.6 is 34.7 Å². The summed E-state index contributed by atoms with van der Waals surface area (Å²) in [5.41, 5.74) is -0.0968. The van der Waals surface area contributed by atoms with Crippen molar-refractivity contribution in [2.75, 3.05) is 5.32 Å². The van der Waals surface area contributed by atoms with Gasteiger partial charge in [-0.3, -0.25) is 4.79 Å². The van der Waals surface area contributed by atoms with Gasteiger partial charge in [-0.05, 0) is 37.3 Å². The molecule has 0 spiro atoms. The van der Waals surface area contributed by atoms with Crippen molar-refractivity contribution >= 4 is 56.5 Å². The van der Waals surface area contributed by atoms with Gasteiger partial charge in [-0.1, -0.05) is 35.5 Å². The minimum Gasteiger partial charge on any atom is -0.324 e. The summed E-state index contributed by atoms with van der Waals surface area (Å²) in [6.45, 7) is 1.66. The van der Waals surface area contributed by atoms with Crippen LogP contribution in [0.4, 0.5) is 18.9 Å². The van der Waals surface area contributed by atoms with Gasteiger partial charge in [0.25, 0.3) is 0 Å². The number of benzene rings is 2. The van der Waals surface area contributed by atoms with E-state index in [1.807, 2.05) is 24.3 Å². The van der Waals surface area contributed by atoms with Crippen molar-refractivity contribution in [2.24, 2.45) is 0 Å². The van der Waals surface area contributed by atoms with Gasteiger partial charge in [-0.25, -0.2) is 4.98 Å². The number of nitrogens with one attached hydrogen (secondary N) is 1. The van der Waals surface area contributed by atoms with E-state index in [-0.39, 0.29) is 10.7 Å². The molecule has 1 N–H and O–H groups in total. The molecule has 0 radical (unpaired) electrons. The van der Waals surface area contributed by atoms with Gasteiger partial charge in [0.15, 0.2) is 4.34 Å². The number of nitrogens with zero attached hydrogens (tertiary/aromatic N) is 1. The molecule has 1 heterocycles. The smallest absolute Gasteiger partial charge is 0.324 e. The molecule has 0 saturated carbocycles. The second-order valence-electron chi connectivity index (χ2n) is 5.39. The highest BCUT2D eigenvalue weighted by molar-refractivity contribution is 8.02. The minimum atomic E-state index is -4.51. The Labute approximate surface area is 160 Å². The average molecular weight is 417 g/mol. The molecule has 3 rings (SSSR count). The molecule has 0 fully saturated rings. The molecule has 0 aliphatic rings. The predicted octanol–water partition coefficient (Wildman–Crippen LogP) is 6.09. The van der Waals surface area contributed by atoms with E-state index in [4.69, 9.17) is 11.6 Å². The first-order valence-corrected chi connectivity index (χ1v) is 9.51. The molecule has 9 heteroatoms. The van der Waals surface area contributed by atoms with E-state index in [0.29, 0.717) is 4.34 Å². The second kappa shape index (κ2) is 7.46. The van der Waals surface area contributed by atoms with Crippen LogP contribution in [-0.2, 0) is 11.0 Å². The maximum Gasteiger partial charge on any atom is 0.416 e. The molecule has 0 aliphatic carbocycles. The third-order valence-corrected chi connectivity index (χ3v) is 6.03. The Morgan fingerprint density at radius 3 is 2.69 bits per heavy atom. The normalized spacial score (nSPS) is 13.0. The molecular formula is C17H12ClF3N2OS2. The first-order valence-electron chi connectivity index (χ1n) is 7.44. The average Bonchev–Trinajstić information content (AvgIpc) is 2.97. The molecule has 3 aromatic rings. The lowest BCUT2D eigenvalue weighted by atomic mass is 10.2. The molecule has 26 heavy (non-hydrogen) atoms. The molecule has 2 aromatic carbocycles. The summed E-state index contributed by atoms with van der Waals surface area (Å²) in [5.74, 6) is -0.449. The zero-order valence-electron chi connectivity index (χ0n) is 13.3. The Hall–Kier alpha value is -1.77. The summed E-state index contributed by atoms with van der Waals surface area (Å²) < 4.78 is 40.2. The second-order valence-corrected chi connectivity index (χ2v) is 8.41. The number of aromatic nitrogens is 1. The zero-order chi connectivity index (χ0) is 18.9. The van der Waals surface area contributed by atoms with Crippen LogP contribution < -0.4 is 5.32 Å². The van der Waals surface area contributed by atoms with Gasteiger partial charge < -0.3 is 5.32 Å². The van der Waals surface area contributed by atoms with Crippen LogP contribution in [0.15, 0.2) is 46.8 Å². The van der Waals surface area contributed by atoms with Crippen molar-refractivity contribution in [3.63, 3.8) is 0 Å². The molecule has 0 unspecified atom stereocenters. The van der Waals surface area contributed by atoms with Crippen molar-refractivity contribution in [1.29, 1.82) is 0 Å². The first kappa shape index (κ1) is 19.0. The number of amides is 1. The molecular weight excluding hydrogens is 405 g/mol. The van der Waals surface area contributed by atoms with Gasteiger partial charge in [-0.2, -0.15) is 13.2 Å². The van der Waals surface area contributed by atoms with E-state index in [2.05, 4.69) is 10.3 Å². The van der Waals surface area contributed by atoms with E-state index in [1.165, 1.54) is 23.1 Å². The lowest BCUT2D eigenvalue weighted by Gasteiger charge is -2.14. The van der Waals surface area contributed by atoms with E-state index >= 15 is 0 Å². The molecule has 0 aliphatic heterocycles. The number of halogens is 4. The number of thiazole rings is 1. The van der Waals surface area contributed by atoms with Gasteiger partial charge in [0.2, 0.25) is 5.91 Å². The van der Waals surface area contributed by atoms with Gasteiger partial charge in [0, 0.05) is 0 Å². The number of rotatable bonds is 4. The van der Waals surface area contributed by atoms with Crippen molar-refractivity contribution in [3.8, 4) is 0 Å². The van der Waals surface area contributed by atoms with Crippen LogP contribution in [0.2, 0.25) is 5.02 Å². The lowest BCUT2D eigenvalue weighted by molar-refractivity contribution is -0.137. The topological polar surface area (TPSA) is 42.0 Å². The predicted molar refractivity (Wildman–Crippen MR) is 100 cm³/mol. The number of hydrogen-bond acceptors (Lipinski definition) is 4. The van der Waals surface area contributed by atoms with Crippen LogP contribution in [0.3, 0.4) is 0 Å². The zero-order valence-corrected chi connectivity index (χ0v) is 15.7. The Balaban J connectivity index is 1.73.